The molecule has 1 atom stereocenters. The Morgan fingerprint density at radius 3 is 2.52 bits per heavy atom. The van der Waals surface area contributed by atoms with Crippen LogP contribution in [-0.4, -0.2) is 40.0 Å². The van der Waals surface area contributed by atoms with Crippen molar-refractivity contribution in [2.45, 2.75) is 39.0 Å². The van der Waals surface area contributed by atoms with Gasteiger partial charge in [0.1, 0.15) is 0 Å². The normalized spacial score (nSPS) is 12.5. The molecule has 0 heterocycles. The lowest BCUT2D eigenvalue weighted by atomic mass is 9.95. The smallest absolute Gasteiger partial charge is 0.0487 e. The van der Waals surface area contributed by atoms with Gasteiger partial charge in [-0.15, -0.1) is 0 Å². The maximum absolute atomic E-state index is 5.71. The lowest BCUT2D eigenvalue weighted by Crippen LogP contribution is -2.23. The first-order chi connectivity index (χ1) is 10.3. The van der Waals surface area contributed by atoms with Crippen LogP contribution in [0.5, 0.6) is 0 Å². The van der Waals surface area contributed by atoms with Crippen LogP contribution in [0.15, 0.2) is 24.3 Å². The van der Waals surface area contributed by atoms with Gasteiger partial charge in [-0.05, 0) is 44.2 Å². The third-order valence-electron chi connectivity index (χ3n) is 3.61. The lowest BCUT2D eigenvalue weighted by Gasteiger charge is -2.18. The van der Waals surface area contributed by atoms with Gasteiger partial charge in [-0.25, -0.2) is 0 Å². The molecule has 1 aromatic carbocycles. The number of benzene rings is 1. The molecular formula is C18H31NO2. The van der Waals surface area contributed by atoms with Crippen LogP contribution >= 0.6 is 0 Å². The highest BCUT2D eigenvalue weighted by molar-refractivity contribution is 5.24. The van der Waals surface area contributed by atoms with E-state index in [0.29, 0.717) is 5.92 Å². The zero-order valence-electron chi connectivity index (χ0n) is 13.9. The predicted octanol–water partition coefficient (Wildman–Crippen LogP) is 3.52. The van der Waals surface area contributed by atoms with Crippen LogP contribution in [0, 0.1) is 6.92 Å². The summed E-state index contributed by atoms with van der Waals surface area (Å²) in [6.07, 6.45) is 3.21. The van der Waals surface area contributed by atoms with Crippen LogP contribution in [0.2, 0.25) is 0 Å². The number of nitrogens with one attached hydrogen (secondary N) is 1. The first kappa shape index (κ1) is 18.1. The van der Waals surface area contributed by atoms with E-state index in [0.717, 1.165) is 45.8 Å². The molecule has 1 N–H and O–H groups in total. The van der Waals surface area contributed by atoms with Crippen LogP contribution < -0.4 is 5.32 Å². The molecule has 0 fully saturated rings. The Bertz CT molecular complexity index is 351. The van der Waals surface area contributed by atoms with Crippen molar-refractivity contribution in [3.05, 3.63) is 35.4 Å². The Kier molecular flexibility index (Phi) is 10.1. The maximum Gasteiger partial charge on any atom is 0.0487 e. The second-order valence-corrected chi connectivity index (χ2v) is 5.56. The van der Waals surface area contributed by atoms with Crippen LogP contribution in [0.3, 0.4) is 0 Å². The molecule has 0 amide bonds. The average Bonchev–Trinajstić information content (AvgIpc) is 2.50. The van der Waals surface area contributed by atoms with Crippen LogP contribution in [0.4, 0.5) is 0 Å². The summed E-state index contributed by atoms with van der Waals surface area (Å²) in [5, 5.41) is 3.53. The molecule has 0 aromatic heterocycles. The minimum absolute atomic E-state index is 0.527. The van der Waals surface area contributed by atoms with Gasteiger partial charge in [0, 0.05) is 33.5 Å². The SMILES string of the molecule is CCCNCC(CCOCCCOC)c1ccc(C)cc1. The van der Waals surface area contributed by atoms with Crippen LogP contribution in [0.1, 0.15) is 43.2 Å². The summed E-state index contributed by atoms with van der Waals surface area (Å²) in [6, 6.07) is 8.89. The van der Waals surface area contributed by atoms with E-state index in [1.807, 2.05) is 0 Å². The van der Waals surface area contributed by atoms with Crippen LogP contribution in [-0.2, 0) is 9.47 Å². The maximum atomic E-state index is 5.71. The fraction of sp³-hybridized carbons (Fsp3) is 0.667. The predicted molar refractivity (Wildman–Crippen MR) is 89.0 cm³/mol. The molecule has 21 heavy (non-hydrogen) atoms. The van der Waals surface area contributed by atoms with Crippen molar-refractivity contribution in [2.24, 2.45) is 0 Å². The van der Waals surface area contributed by atoms with E-state index >= 15 is 0 Å². The highest BCUT2D eigenvalue weighted by atomic mass is 16.5. The van der Waals surface area contributed by atoms with Gasteiger partial charge in [-0.3, -0.25) is 0 Å². The first-order valence-electron chi connectivity index (χ1n) is 8.12. The van der Waals surface area contributed by atoms with Crippen molar-refractivity contribution in [1.82, 2.24) is 5.32 Å². The van der Waals surface area contributed by atoms with Crippen molar-refractivity contribution in [1.29, 1.82) is 0 Å². The first-order valence-corrected chi connectivity index (χ1v) is 8.12. The third kappa shape index (κ3) is 8.20. The molecule has 120 valence electrons. The summed E-state index contributed by atoms with van der Waals surface area (Å²) < 4.78 is 10.7. The van der Waals surface area contributed by atoms with Gasteiger partial charge in [-0.1, -0.05) is 36.8 Å². The van der Waals surface area contributed by atoms with E-state index in [2.05, 4.69) is 43.4 Å². The summed E-state index contributed by atoms with van der Waals surface area (Å²) >= 11 is 0. The second-order valence-electron chi connectivity index (χ2n) is 5.56. The van der Waals surface area contributed by atoms with E-state index in [4.69, 9.17) is 9.47 Å². The molecule has 1 unspecified atom stereocenters. The molecule has 0 aliphatic heterocycles. The number of ether oxygens (including phenoxy) is 2. The molecule has 3 nitrogen and oxygen atoms in total. The summed E-state index contributed by atoms with van der Waals surface area (Å²) in [5.41, 5.74) is 2.72. The Morgan fingerprint density at radius 1 is 1.10 bits per heavy atom. The number of rotatable bonds is 12. The second kappa shape index (κ2) is 11.7. The summed E-state index contributed by atoms with van der Waals surface area (Å²) in [6.45, 7) is 8.82. The topological polar surface area (TPSA) is 30.5 Å². The molecule has 3 heteroatoms. The van der Waals surface area contributed by atoms with Gasteiger partial charge in [0.05, 0.1) is 0 Å². The Hall–Kier alpha value is -0.900. The Labute approximate surface area is 130 Å². The number of methoxy groups -OCH3 is 1. The highest BCUT2D eigenvalue weighted by Crippen LogP contribution is 2.19. The van der Waals surface area contributed by atoms with Crippen molar-refractivity contribution >= 4 is 0 Å². The number of hydrogen-bond acceptors (Lipinski definition) is 3. The van der Waals surface area contributed by atoms with Gasteiger partial charge in [-0.2, -0.15) is 0 Å². The quantitative estimate of drug-likeness (QED) is 0.598. The standard InChI is InChI=1S/C18H31NO2/c1-4-11-19-15-18(10-14-21-13-5-12-20-3)17-8-6-16(2)7-9-17/h6-9,18-19H,4-5,10-15H2,1-3H3. The molecule has 0 bridgehead atoms. The van der Waals surface area contributed by atoms with E-state index < -0.39 is 0 Å². The van der Waals surface area contributed by atoms with Crippen molar-refractivity contribution < 1.29 is 9.47 Å². The molecule has 0 saturated carbocycles. The summed E-state index contributed by atoms with van der Waals surface area (Å²) in [4.78, 5) is 0. The average molecular weight is 293 g/mol. The fourth-order valence-corrected chi connectivity index (χ4v) is 2.31. The molecule has 0 spiro atoms. The molecular weight excluding hydrogens is 262 g/mol. The fourth-order valence-electron chi connectivity index (χ4n) is 2.31. The molecule has 0 aliphatic rings. The number of hydrogen-bond donors (Lipinski definition) is 1. The molecule has 1 aromatic rings. The largest absolute Gasteiger partial charge is 0.385 e. The van der Waals surface area contributed by atoms with Crippen LogP contribution in [0.25, 0.3) is 0 Å². The van der Waals surface area contributed by atoms with E-state index in [-0.39, 0.29) is 0 Å². The van der Waals surface area contributed by atoms with Gasteiger partial charge >= 0.3 is 0 Å². The zero-order valence-corrected chi connectivity index (χ0v) is 13.9. The lowest BCUT2D eigenvalue weighted by molar-refractivity contribution is 0.0980. The van der Waals surface area contributed by atoms with Crippen molar-refractivity contribution in [3.63, 3.8) is 0 Å². The monoisotopic (exact) mass is 293 g/mol. The Balaban J connectivity index is 2.39. The molecule has 0 saturated heterocycles. The van der Waals surface area contributed by atoms with Crippen molar-refractivity contribution in [3.8, 4) is 0 Å². The molecule has 0 aliphatic carbocycles. The minimum atomic E-state index is 0.527. The van der Waals surface area contributed by atoms with Gasteiger partial charge < -0.3 is 14.8 Å². The van der Waals surface area contributed by atoms with E-state index in [1.54, 1.807) is 7.11 Å². The number of aryl methyl sites for hydroxylation is 1. The van der Waals surface area contributed by atoms with Gasteiger partial charge in [0.2, 0.25) is 0 Å². The Morgan fingerprint density at radius 2 is 1.86 bits per heavy atom. The molecule has 0 radical (unpaired) electrons. The summed E-state index contributed by atoms with van der Waals surface area (Å²) in [7, 11) is 1.73. The molecule has 1 rings (SSSR count). The summed E-state index contributed by atoms with van der Waals surface area (Å²) in [5.74, 6) is 0.527. The van der Waals surface area contributed by atoms with Crippen molar-refractivity contribution in [2.75, 3.05) is 40.0 Å². The van der Waals surface area contributed by atoms with Gasteiger partial charge in [0.15, 0.2) is 0 Å². The van der Waals surface area contributed by atoms with Gasteiger partial charge in [0.25, 0.3) is 0 Å². The van der Waals surface area contributed by atoms with E-state index in [9.17, 15) is 0 Å². The third-order valence-corrected chi connectivity index (χ3v) is 3.61. The zero-order chi connectivity index (χ0) is 15.3. The highest BCUT2D eigenvalue weighted by Gasteiger charge is 2.11. The van der Waals surface area contributed by atoms with E-state index in [1.165, 1.54) is 17.5 Å². The minimum Gasteiger partial charge on any atom is -0.385 e.